The Balaban J connectivity index is 1.94. The molecule has 0 aliphatic rings. The summed E-state index contributed by atoms with van der Waals surface area (Å²) in [6, 6.07) is 9.61. The van der Waals surface area contributed by atoms with Gasteiger partial charge in [0.25, 0.3) is 0 Å². The molecule has 2 aromatic rings. The van der Waals surface area contributed by atoms with Gasteiger partial charge >= 0.3 is 0 Å². The van der Waals surface area contributed by atoms with Crippen molar-refractivity contribution in [1.29, 1.82) is 0 Å². The van der Waals surface area contributed by atoms with Gasteiger partial charge in [-0.3, -0.25) is 4.68 Å². The van der Waals surface area contributed by atoms with E-state index in [0.717, 1.165) is 22.7 Å². The molecule has 0 spiro atoms. The Kier molecular flexibility index (Phi) is 4.27. The average molecular weight is 279 g/mol. The van der Waals surface area contributed by atoms with Crippen molar-refractivity contribution in [3.8, 4) is 0 Å². The fourth-order valence-electron chi connectivity index (χ4n) is 2.17. The van der Waals surface area contributed by atoms with Gasteiger partial charge in [0.1, 0.15) is 0 Å². The van der Waals surface area contributed by atoms with Crippen molar-refractivity contribution >= 4 is 11.6 Å². The molecular formula is C15H19ClN2O. The number of aromatic nitrogens is 2. The van der Waals surface area contributed by atoms with Crippen LogP contribution in [0.4, 0.5) is 0 Å². The molecule has 0 fully saturated rings. The Bertz CT molecular complexity index is 531. The highest BCUT2D eigenvalue weighted by atomic mass is 35.5. The summed E-state index contributed by atoms with van der Waals surface area (Å²) in [7, 11) is 1.92. The highest BCUT2D eigenvalue weighted by Crippen LogP contribution is 2.20. The lowest BCUT2D eigenvalue weighted by atomic mass is 9.91. The van der Waals surface area contributed by atoms with E-state index >= 15 is 0 Å². The maximum absolute atomic E-state index is 10.5. The number of aryl methyl sites for hydroxylation is 2. The normalized spacial score (nSPS) is 14.3. The zero-order valence-corrected chi connectivity index (χ0v) is 12.1. The smallest absolute Gasteiger partial charge is 0.0663 e. The number of benzene rings is 1. The van der Waals surface area contributed by atoms with Gasteiger partial charge in [0, 0.05) is 30.4 Å². The second kappa shape index (κ2) is 5.76. The van der Waals surface area contributed by atoms with Crippen LogP contribution >= 0.6 is 11.6 Å². The van der Waals surface area contributed by atoms with E-state index in [-0.39, 0.29) is 0 Å². The molecule has 0 bridgehead atoms. The van der Waals surface area contributed by atoms with Crippen LogP contribution in [0.25, 0.3) is 0 Å². The monoisotopic (exact) mass is 278 g/mol. The fraction of sp³-hybridized carbons (Fsp3) is 0.400. The molecule has 1 heterocycles. The zero-order chi connectivity index (χ0) is 13.9. The number of hydrogen-bond donors (Lipinski definition) is 1. The van der Waals surface area contributed by atoms with Crippen molar-refractivity contribution in [3.63, 3.8) is 0 Å². The lowest BCUT2D eigenvalue weighted by Gasteiger charge is -2.23. The minimum absolute atomic E-state index is 0.627. The molecule has 0 saturated carbocycles. The fourth-order valence-corrected chi connectivity index (χ4v) is 2.30. The van der Waals surface area contributed by atoms with Crippen molar-refractivity contribution in [2.45, 2.75) is 31.8 Å². The van der Waals surface area contributed by atoms with Crippen molar-refractivity contribution in [2.75, 3.05) is 0 Å². The lowest BCUT2D eigenvalue weighted by molar-refractivity contribution is 0.0511. The molecule has 19 heavy (non-hydrogen) atoms. The maximum Gasteiger partial charge on any atom is 0.0663 e. The van der Waals surface area contributed by atoms with Crippen molar-refractivity contribution < 1.29 is 5.11 Å². The molecular weight excluding hydrogens is 260 g/mol. The van der Waals surface area contributed by atoms with Crippen LogP contribution in [-0.4, -0.2) is 20.5 Å². The maximum atomic E-state index is 10.5. The molecule has 1 atom stereocenters. The van der Waals surface area contributed by atoms with Crippen LogP contribution in [0.1, 0.15) is 24.6 Å². The first-order valence-corrected chi connectivity index (χ1v) is 6.78. The zero-order valence-electron chi connectivity index (χ0n) is 11.3. The van der Waals surface area contributed by atoms with E-state index in [0.29, 0.717) is 12.8 Å². The summed E-state index contributed by atoms with van der Waals surface area (Å²) in [6.45, 7) is 1.87. The second-order valence-electron chi connectivity index (χ2n) is 5.25. The Morgan fingerprint density at radius 3 is 2.53 bits per heavy atom. The highest BCUT2D eigenvalue weighted by Gasteiger charge is 2.21. The van der Waals surface area contributed by atoms with Crippen molar-refractivity contribution in [3.05, 3.63) is 52.8 Å². The van der Waals surface area contributed by atoms with E-state index in [2.05, 4.69) is 5.10 Å². The van der Waals surface area contributed by atoms with Gasteiger partial charge in [-0.05, 0) is 43.5 Å². The summed E-state index contributed by atoms with van der Waals surface area (Å²) in [5.41, 5.74) is 1.51. The van der Waals surface area contributed by atoms with Gasteiger partial charge in [-0.1, -0.05) is 23.7 Å². The summed E-state index contributed by atoms with van der Waals surface area (Å²) in [4.78, 5) is 0. The number of rotatable bonds is 5. The molecule has 0 amide bonds. The van der Waals surface area contributed by atoms with Gasteiger partial charge in [-0.2, -0.15) is 5.10 Å². The quantitative estimate of drug-likeness (QED) is 0.913. The Morgan fingerprint density at radius 2 is 1.95 bits per heavy atom. The number of aliphatic hydroxyl groups is 1. The van der Waals surface area contributed by atoms with Gasteiger partial charge in [-0.15, -0.1) is 0 Å². The minimum Gasteiger partial charge on any atom is -0.390 e. The molecule has 1 N–H and O–H groups in total. The highest BCUT2D eigenvalue weighted by molar-refractivity contribution is 6.30. The van der Waals surface area contributed by atoms with E-state index in [9.17, 15) is 5.11 Å². The predicted molar refractivity (Wildman–Crippen MR) is 77.3 cm³/mol. The van der Waals surface area contributed by atoms with E-state index in [1.165, 1.54) is 0 Å². The lowest BCUT2D eigenvalue weighted by Crippen LogP contribution is -2.28. The van der Waals surface area contributed by atoms with Gasteiger partial charge in [0.05, 0.1) is 5.60 Å². The van der Waals surface area contributed by atoms with Crippen LogP contribution in [0.3, 0.4) is 0 Å². The largest absolute Gasteiger partial charge is 0.390 e. The third kappa shape index (κ3) is 4.08. The van der Waals surface area contributed by atoms with Crippen LogP contribution in [0.15, 0.2) is 36.5 Å². The summed E-state index contributed by atoms with van der Waals surface area (Å²) < 4.78 is 1.85. The van der Waals surface area contributed by atoms with E-state index in [4.69, 9.17) is 11.6 Å². The van der Waals surface area contributed by atoms with Gasteiger partial charge < -0.3 is 5.11 Å². The second-order valence-corrected chi connectivity index (χ2v) is 5.68. The third-order valence-corrected chi connectivity index (χ3v) is 3.59. The summed E-state index contributed by atoms with van der Waals surface area (Å²) in [6.07, 6.45) is 3.93. The van der Waals surface area contributed by atoms with Gasteiger partial charge in [0.15, 0.2) is 0 Å². The standard InChI is InChI=1S/C15H19ClN2O/c1-15(19,9-7-14-8-10-17-18(14)2)11-12-3-5-13(16)6-4-12/h3-6,8,10,19H,7,9,11H2,1-2H3. The Morgan fingerprint density at radius 1 is 1.26 bits per heavy atom. The molecule has 102 valence electrons. The van der Waals surface area contributed by atoms with E-state index in [1.54, 1.807) is 6.20 Å². The molecule has 1 aromatic heterocycles. The van der Waals surface area contributed by atoms with E-state index < -0.39 is 5.60 Å². The third-order valence-electron chi connectivity index (χ3n) is 3.34. The predicted octanol–water partition coefficient (Wildman–Crippen LogP) is 3.00. The minimum atomic E-state index is -0.724. The van der Waals surface area contributed by atoms with Gasteiger partial charge in [0.2, 0.25) is 0 Å². The molecule has 1 aromatic carbocycles. The molecule has 0 saturated heterocycles. The van der Waals surface area contributed by atoms with E-state index in [1.807, 2.05) is 49.0 Å². The summed E-state index contributed by atoms with van der Waals surface area (Å²) in [5.74, 6) is 0. The van der Waals surface area contributed by atoms with Crippen LogP contribution in [0, 0.1) is 0 Å². The molecule has 0 radical (unpaired) electrons. The SMILES string of the molecule is Cn1nccc1CCC(C)(O)Cc1ccc(Cl)cc1. The summed E-state index contributed by atoms with van der Waals surface area (Å²) in [5, 5.41) is 15.3. The summed E-state index contributed by atoms with van der Waals surface area (Å²) >= 11 is 5.86. The topological polar surface area (TPSA) is 38.0 Å². The number of halogens is 1. The van der Waals surface area contributed by atoms with Crippen LogP contribution in [-0.2, 0) is 19.9 Å². The van der Waals surface area contributed by atoms with Crippen LogP contribution in [0.5, 0.6) is 0 Å². The molecule has 0 aliphatic heterocycles. The van der Waals surface area contributed by atoms with Crippen molar-refractivity contribution in [2.24, 2.45) is 7.05 Å². The Labute approximate surface area is 118 Å². The first-order valence-electron chi connectivity index (χ1n) is 6.40. The molecule has 3 nitrogen and oxygen atoms in total. The average Bonchev–Trinajstić information content (AvgIpc) is 2.75. The van der Waals surface area contributed by atoms with Crippen molar-refractivity contribution in [1.82, 2.24) is 9.78 Å². The number of nitrogens with zero attached hydrogens (tertiary/aromatic N) is 2. The van der Waals surface area contributed by atoms with Crippen LogP contribution in [0.2, 0.25) is 5.02 Å². The molecule has 4 heteroatoms. The number of hydrogen-bond acceptors (Lipinski definition) is 2. The molecule has 2 rings (SSSR count). The molecule has 0 aliphatic carbocycles. The van der Waals surface area contributed by atoms with Crippen LogP contribution < -0.4 is 0 Å². The first kappa shape index (κ1) is 14.1. The Hall–Kier alpha value is -1.32. The first-order chi connectivity index (χ1) is 8.96. The van der Waals surface area contributed by atoms with Gasteiger partial charge in [-0.25, -0.2) is 0 Å². The molecule has 1 unspecified atom stereocenters.